The molecule has 2 saturated carbocycles. The van der Waals surface area contributed by atoms with E-state index in [1.54, 1.807) is 12.1 Å². The highest BCUT2D eigenvalue weighted by Crippen LogP contribution is 2.62. The molecule has 1 N–H and O–H groups in total. The SMILES string of the molecule is O=C(O)C1(Sc2ccc(F)cc2)CC2(CCCCCC2)C1. The van der Waals surface area contributed by atoms with Crippen LogP contribution in [0.25, 0.3) is 0 Å². The number of hydrogen-bond acceptors (Lipinski definition) is 2. The Balaban J connectivity index is 1.74. The Bertz CT molecular complexity index is 510. The van der Waals surface area contributed by atoms with Gasteiger partial charge in [-0.25, -0.2) is 4.39 Å². The van der Waals surface area contributed by atoms with Gasteiger partial charge in [-0.2, -0.15) is 0 Å². The van der Waals surface area contributed by atoms with Crippen LogP contribution in [-0.4, -0.2) is 15.8 Å². The second-order valence-corrected chi connectivity index (χ2v) is 8.08. The van der Waals surface area contributed by atoms with E-state index in [0.29, 0.717) is 0 Å². The summed E-state index contributed by atoms with van der Waals surface area (Å²) < 4.78 is 12.3. The fraction of sp³-hybridized carbons (Fsp3) is 0.588. The predicted molar refractivity (Wildman–Crippen MR) is 82.0 cm³/mol. The topological polar surface area (TPSA) is 37.3 Å². The quantitative estimate of drug-likeness (QED) is 0.865. The molecule has 3 rings (SSSR count). The van der Waals surface area contributed by atoms with E-state index in [1.807, 2.05) is 0 Å². The number of hydrogen-bond donors (Lipinski definition) is 1. The van der Waals surface area contributed by atoms with Crippen molar-refractivity contribution >= 4 is 17.7 Å². The number of rotatable bonds is 3. The van der Waals surface area contributed by atoms with Gasteiger partial charge in [-0.1, -0.05) is 25.7 Å². The summed E-state index contributed by atoms with van der Waals surface area (Å²) in [7, 11) is 0. The number of aliphatic carboxylic acids is 1. The van der Waals surface area contributed by atoms with Crippen LogP contribution >= 0.6 is 11.8 Å². The van der Waals surface area contributed by atoms with Crippen LogP contribution < -0.4 is 0 Å². The summed E-state index contributed by atoms with van der Waals surface area (Å²) in [4.78, 5) is 12.6. The van der Waals surface area contributed by atoms with Gasteiger partial charge in [-0.15, -0.1) is 11.8 Å². The van der Waals surface area contributed by atoms with Gasteiger partial charge in [0, 0.05) is 4.90 Å². The highest BCUT2D eigenvalue weighted by Gasteiger charge is 2.59. The Morgan fingerprint density at radius 2 is 1.62 bits per heavy atom. The van der Waals surface area contributed by atoms with Crippen molar-refractivity contribution in [1.82, 2.24) is 0 Å². The minimum atomic E-state index is -0.716. The molecule has 2 aliphatic carbocycles. The van der Waals surface area contributed by atoms with Crippen molar-refractivity contribution in [3.63, 3.8) is 0 Å². The molecule has 1 aromatic carbocycles. The Morgan fingerprint density at radius 3 is 2.14 bits per heavy atom. The van der Waals surface area contributed by atoms with Gasteiger partial charge in [0.2, 0.25) is 0 Å². The molecule has 114 valence electrons. The van der Waals surface area contributed by atoms with Crippen molar-refractivity contribution in [2.75, 3.05) is 0 Å². The van der Waals surface area contributed by atoms with Crippen LogP contribution in [0.15, 0.2) is 29.2 Å². The van der Waals surface area contributed by atoms with Crippen molar-refractivity contribution in [1.29, 1.82) is 0 Å². The van der Waals surface area contributed by atoms with E-state index in [4.69, 9.17) is 0 Å². The molecule has 2 aliphatic rings. The fourth-order valence-corrected chi connectivity index (χ4v) is 5.55. The Hall–Kier alpha value is -1.03. The van der Waals surface area contributed by atoms with Crippen LogP contribution in [0.5, 0.6) is 0 Å². The molecule has 0 atom stereocenters. The number of carboxylic acids is 1. The van der Waals surface area contributed by atoms with Gasteiger partial charge >= 0.3 is 5.97 Å². The molecule has 2 nitrogen and oxygen atoms in total. The summed E-state index contributed by atoms with van der Waals surface area (Å²) >= 11 is 1.40. The van der Waals surface area contributed by atoms with Gasteiger partial charge in [0.25, 0.3) is 0 Å². The summed E-state index contributed by atoms with van der Waals surface area (Å²) in [5, 5.41) is 9.69. The monoisotopic (exact) mass is 308 g/mol. The maximum absolute atomic E-state index is 13.0. The highest BCUT2D eigenvalue weighted by atomic mass is 32.2. The molecule has 0 unspecified atom stereocenters. The average molecular weight is 308 g/mol. The van der Waals surface area contributed by atoms with E-state index in [1.165, 1.54) is 62.4 Å². The van der Waals surface area contributed by atoms with Crippen molar-refractivity contribution in [3.8, 4) is 0 Å². The summed E-state index contributed by atoms with van der Waals surface area (Å²) in [6.07, 6.45) is 8.90. The Morgan fingerprint density at radius 1 is 1.05 bits per heavy atom. The molecule has 21 heavy (non-hydrogen) atoms. The maximum atomic E-state index is 13.0. The Kier molecular flexibility index (Phi) is 4.00. The lowest BCUT2D eigenvalue weighted by atomic mass is 9.58. The molecule has 0 radical (unpaired) electrons. The molecule has 0 aromatic heterocycles. The van der Waals surface area contributed by atoms with Gasteiger partial charge < -0.3 is 5.11 Å². The molecule has 0 saturated heterocycles. The first-order chi connectivity index (χ1) is 10.0. The number of benzene rings is 1. The van der Waals surface area contributed by atoms with Crippen LogP contribution in [0, 0.1) is 11.2 Å². The number of carboxylic acid groups (broad SMARTS) is 1. The number of halogens is 1. The van der Waals surface area contributed by atoms with Crippen LogP contribution in [-0.2, 0) is 4.79 Å². The van der Waals surface area contributed by atoms with Crippen molar-refractivity contribution < 1.29 is 14.3 Å². The number of thioether (sulfide) groups is 1. The summed E-state index contributed by atoms with van der Waals surface area (Å²) in [5.74, 6) is -0.996. The number of carbonyl (C=O) groups is 1. The zero-order valence-corrected chi connectivity index (χ0v) is 12.9. The van der Waals surface area contributed by atoms with E-state index < -0.39 is 10.7 Å². The van der Waals surface area contributed by atoms with Gasteiger partial charge in [-0.05, 0) is 55.4 Å². The molecule has 1 spiro atoms. The van der Waals surface area contributed by atoms with Crippen molar-refractivity contribution in [2.45, 2.75) is 61.0 Å². The van der Waals surface area contributed by atoms with Crippen LogP contribution in [0.2, 0.25) is 0 Å². The second kappa shape index (κ2) is 5.64. The molecule has 2 fully saturated rings. The molecular weight excluding hydrogens is 287 g/mol. The smallest absolute Gasteiger partial charge is 0.320 e. The molecule has 0 heterocycles. The first-order valence-electron chi connectivity index (χ1n) is 7.72. The zero-order valence-electron chi connectivity index (χ0n) is 12.1. The lowest BCUT2D eigenvalue weighted by molar-refractivity contribution is -0.147. The molecule has 0 aliphatic heterocycles. The standard InChI is InChI=1S/C17H21FO2S/c18-13-5-7-14(8-6-13)21-17(15(19)20)11-16(12-17)9-3-1-2-4-10-16/h5-8H,1-4,9-12H2,(H,19,20). The molecule has 4 heteroatoms. The second-order valence-electron chi connectivity index (χ2n) is 6.62. The first kappa shape index (κ1) is 14.9. The van der Waals surface area contributed by atoms with Gasteiger partial charge in [-0.3, -0.25) is 4.79 Å². The molecular formula is C17H21FO2S. The third-order valence-corrected chi connectivity index (χ3v) is 6.36. The van der Waals surface area contributed by atoms with E-state index >= 15 is 0 Å². The van der Waals surface area contributed by atoms with Crippen LogP contribution in [0.1, 0.15) is 51.4 Å². The van der Waals surface area contributed by atoms with Gasteiger partial charge in [0.05, 0.1) is 0 Å². The van der Waals surface area contributed by atoms with Crippen LogP contribution in [0.4, 0.5) is 4.39 Å². The van der Waals surface area contributed by atoms with Crippen LogP contribution in [0.3, 0.4) is 0 Å². The molecule has 0 bridgehead atoms. The van der Waals surface area contributed by atoms with Crippen molar-refractivity contribution in [3.05, 3.63) is 30.1 Å². The minimum absolute atomic E-state index is 0.252. The largest absolute Gasteiger partial charge is 0.480 e. The predicted octanol–water partition coefficient (Wildman–Crippen LogP) is 4.88. The minimum Gasteiger partial charge on any atom is -0.480 e. The summed E-state index contributed by atoms with van der Waals surface area (Å²) in [6, 6.07) is 6.17. The highest BCUT2D eigenvalue weighted by molar-refractivity contribution is 8.01. The molecule has 1 aromatic rings. The lowest BCUT2D eigenvalue weighted by Crippen LogP contribution is -2.54. The molecule has 0 amide bonds. The van der Waals surface area contributed by atoms with E-state index in [2.05, 4.69) is 0 Å². The van der Waals surface area contributed by atoms with Crippen molar-refractivity contribution in [2.24, 2.45) is 5.41 Å². The third-order valence-electron chi connectivity index (χ3n) is 5.00. The van der Waals surface area contributed by atoms with E-state index in [9.17, 15) is 14.3 Å². The van der Waals surface area contributed by atoms with E-state index in [-0.39, 0.29) is 11.2 Å². The lowest BCUT2D eigenvalue weighted by Gasteiger charge is -2.53. The fourth-order valence-electron chi connectivity index (χ4n) is 3.99. The summed E-state index contributed by atoms with van der Waals surface area (Å²) in [6.45, 7) is 0. The Labute approximate surface area is 129 Å². The average Bonchev–Trinajstić information content (AvgIpc) is 2.66. The summed E-state index contributed by atoms with van der Waals surface area (Å²) in [5.41, 5.74) is 0.252. The van der Waals surface area contributed by atoms with Gasteiger partial charge in [0.15, 0.2) is 0 Å². The van der Waals surface area contributed by atoms with E-state index in [0.717, 1.165) is 17.7 Å². The van der Waals surface area contributed by atoms with Gasteiger partial charge in [0.1, 0.15) is 10.6 Å². The third kappa shape index (κ3) is 2.96. The first-order valence-corrected chi connectivity index (χ1v) is 8.53. The normalized spacial score (nSPS) is 23.3. The maximum Gasteiger partial charge on any atom is 0.320 e. The zero-order chi connectivity index (χ0) is 14.9.